The number of carbonyl (C=O) groups is 1. The first kappa shape index (κ1) is 6.90. The van der Waals surface area contributed by atoms with E-state index in [1.165, 1.54) is 0 Å². The van der Waals surface area contributed by atoms with Gasteiger partial charge < -0.3 is 4.84 Å². The van der Waals surface area contributed by atoms with E-state index in [2.05, 4.69) is 20.0 Å². The zero-order chi connectivity index (χ0) is 8.39. The van der Waals surface area contributed by atoms with E-state index >= 15 is 0 Å². The Morgan fingerprint density at radius 1 is 1.42 bits per heavy atom. The molecule has 0 N–H and O–H groups in total. The summed E-state index contributed by atoms with van der Waals surface area (Å²) < 4.78 is 0. The van der Waals surface area contributed by atoms with Gasteiger partial charge in [-0.05, 0) is 0 Å². The second-order valence-electron chi connectivity index (χ2n) is 2.27. The topological polar surface area (TPSA) is 64.4 Å². The van der Waals surface area contributed by atoms with Crippen molar-refractivity contribution in [3.63, 3.8) is 0 Å². The lowest BCUT2D eigenvalue weighted by Crippen LogP contribution is -2.03. The molecule has 1 aliphatic rings. The third-order valence-electron chi connectivity index (χ3n) is 1.43. The maximum atomic E-state index is 10.6. The van der Waals surface area contributed by atoms with Crippen LogP contribution >= 0.6 is 0 Å². The molecule has 0 amide bonds. The van der Waals surface area contributed by atoms with Crippen molar-refractivity contribution >= 4 is 11.7 Å². The SMILES string of the molecule is O=C1CC(c2cnccn2)=NO1. The second kappa shape index (κ2) is 2.69. The molecule has 0 fully saturated rings. The van der Waals surface area contributed by atoms with Crippen molar-refractivity contribution in [2.75, 3.05) is 0 Å². The van der Waals surface area contributed by atoms with Crippen LogP contribution < -0.4 is 0 Å². The first-order valence-electron chi connectivity index (χ1n) is 3.39. The quantitative estimate of drug-likeness (QED) is 0.552. The molecule has 2 heterocycles. The van der Waals surface area contributed by atoms with E-state index in [4.69, 9.17) is 0 Å². The number of aromatic nitrogens is 2. The number of hydrogen-bond donors (Lipinski definition) is 0. The van der Waals surface area contributed by atoms with Crippen molar-refractivity contribution in [1.29, 1.82) is 0 Å². The standard InChI is InChI=1S/C7H5N3O2/c11-7-3-5(10-12-7)6-4-8-1-2-9-6/h1-2,4H,3H2. The molecule has 0 unspecified atom stereocenters. The minimum atomic E-state index is -0.351. The van der Waals surface area contributed by atoms with Crippen LogP contribution in [0.2, 0.25) is 0 Å². The van der Waals surface area contributed by atoms with Crippen molar-refractivity contribution in [2.45, 2.75) is 6.42 Å². The molecule has 0 atom stereocenters. The molecule has 60 valence electrons. The van der Waals surface area contributed by atoms with Gasteiger partial charge in [0.15, 0.2) is 0 Å². The summed E-state index contributed by atoms with van der Waals surface area (Å²) in [7, 11) is 0. The fourth-order valence-electron chi connectivity index (χ4n) is 0.893. The van der Waals surface area contributed by atoms with Gasteiger partial charge in [0.05, 0.1) is 12.6 Å². The summed E-state index contributed by atoms with van der Waals surface area (Å²) in [4.78, 5) is 22.9. The van der Waals surface area contributed by atoms with E-state index < -0.39 is 0 Å². The molecule has 1 aromatic heterocycles. The predicted molar refractivity (Wildman–Crippen MR) is 39.3 cm³/mol. The fourth-order valence-corrected chi connectivity index (χ4v) is 0.893. The molecule has 0 radical (unpaired) electrons. The smallest absolute Gasteiger partial charge is 0.317 e. The summed E-state index contributed by atoms with van der Waals surface area (Å²) in [6.07, 6.45) is 4.82. The van der Waals surface area contributed by atoms with E-state index in [1.807, 2.05) is 0 Å². The van der Waals surface area contributed by atoms with Crippen molar-refractivity contribution in [2.24, 2.45) is 5.16 Å². The summed E-state index contributed by atoms with van der Waals surface area (Å²) in [5, 5.41) is 3.55. The number of rotatable bonds is 1. The lowest BCUT2D eigenvalue weighted by Gasteiger charge is -1.91. The van der Waals surface area contributed by atoms with Crippen LogP contribution in [0.1, 0.15) is 12.1 Å². The fraction of sp³-hybridized carbons (Fsp3) is 0.143. The van der Waals surface area contributed by atoms with Crippen molar-refractivity contribution in [1.82, 2.24) is 9.97 Å². The predicted octanol–water partition coefficient (Wildman–Crippen LogP) is 0.128. The summed E-state index contributed by atoms with van der Waals surface area (Å²) in [5.41, 5.74) is 1.12. The average Bonchev–Trinajstić information content (AvgIpc) is 2.54. The Morgan fingerprint density at radius 3 is 2.92 bits per heavy atom. The van der Waals surface area contributed by atoms with E-state index in [0.717, 1.165) is 0 Å². The van der Waals surface area contributed by atoms with Crippen molar-refractivity contribution in [3.8, 4) is 0 Å². The molecule has 0 bridgehead atoms. The van der Waals surface area contributed by atoms with Crippen LogP contribution in [-0.2, 0) is 9.63 Å². The Kier molecular flexibility index (Phi) is 1.55. The summed E-state index contributed by atoms with van der Waals surface area (Å²) in [6, 6.07) is 0. The van der Waals surface area contributed by atoms with Crippen molar-refractivity contribution < 1.29 is 9.63 Å². The highest BCUT2D eigenvalue weighted by atomic mass is 16.7. The van der Waals surface area contributed by atoms with Gasteiger partial charge in [-0.1, -0.05) is 5.16 Å². The number of hydrogen-bond acceptors (Lipinski definition) is 5. The molecule has 2 rings (SSSR count). The minimum absolute atomic E-state index is 0.179. The monoisotopic (exact) mass is 163 g/mol. The van der Waals surface area contributed by atoms with Gasteiger partial charge in [-0.15, -0.1) is 0 Å². The third-order valence-corrected chi connectivity index (χ3v) is 1.43. The molecule has 0 saturated heterocycles. The van der Waals surface area contributed by atoms with Gasteiger partial charge in [-0.2, -0.15) is 0 Å². The molecular weight excluding hydrogens is 158 g/mol. The summed E-state index contributed by atoms with van der Waals surface area (Å²) in [5.74, 6) is -0.351. The molecule has 5 heteroatoms. The Hall–Kier alpha value is -1.78. The normalized spacial score (nSPS) is 15.7. The zero-order valence-electron chi connectivity index (χ0n) is 6.10. The highest BCUT2D eigenvalue weighted by Crippen LogP contribution is 2.07. The molecule has 12 heavy (non-hydrogen) atoms. The highest BCUT2D eigenvalue weighted by Gasteiger charge is 2.19. The van der Waals surface area contributed by atoms with Gasteiger partial charge in [-0.3, -0.25) is 9.97 Å². The maximum Gasteiger partial charge on any atom is 0.341 e. The van der Waals surface area contributed by atoms with Gasteiger partial charge in [0.2, 0.25) is 0 Å². The van der Waals surface area contributed by atoms with Gasteiger partial charge in [0.25, 0.3) is 0 Å². The minimum Gasteiger partial charge on any atom is -0.317 e. The molecule has 1 aliphatic heterocycles. The molecule has 0 saturated carbocycles. The molecule has 0 aromatic carbocycles. The molecule has 1 aromatic rings. The lowest BCUT2D eigenvalue weighted by atomic mass is 10.2. The first-order chi connectivity index (χ1) is 5.86. The Balaban J connectivity index is 2.28. The van der Waals surface area contributed by atoms with Crippen LogP contribution in [0.3, 0.4) is 0 Å². The van der Waals surface area contributed by atoms with Gasteiger partial charge in [-0.25, -0.2) is 4.79 Å². The van der Waals surface area contributed by atoms with Crippen LogP contribution in [-0.4, -0.2) is 21.6 Å². The third kappa shape index (κ3) is 1.16. The van der Waals surface area contributed by atoms with Crippen LogP contribution in [0, 0.1) is 0 Å². The first-order valence-corrected chi connectivity index (χ1v) is 3.39. The van der Waals surface area contributed by atoms with Gasteiger partial charge >= 0.3 is 5.97 Å². The maximum absolute atomic E-state index is 10.6. The van der Waals surface area contributed by atoms with E-state index in [-0.39, 0.29) is 12.4 Å². The largest absolute Gasteiger partial charge is 0.341 e. The zero-order valence-corrected chi connectivity index (χ0v) is 6.10. The lowest BCUT2D eigenvalue weighted by molar-refractivity contribution is -0.140. The molecular formula is C7H5N3O2. The van der Waals surface area contributed by atoms with Crippen LogP contribution in [0.4, 0.5) is 0 Å². The Bertz CT molecular complexity index is 334. The van der Waals surface area contributed by atoms with Gasteiger partial charge in [0.1, 0.15) is 11.4 Å². The Labute approximate surface area is 68.1 Å². The highest BCUT2D eigenvalue weighted by molar-refractivity contribution is 6.10. The van der Waals surface area contributed by atoms with Gasteiger partial charge in [0, 0.05) is 12.4 Å². The average molecular weight is 163 g/mol. The van der Waals surface area contributed by atoms with E-state index in [1.54, 1.807) is 18.6 Å². The second-order valence-corrected chi connectivity index (χ2v) is 2.27. The Morgan fingerprint density at radius 2 is 2.33 bits per heavy atom. The number of nitrogens with zero attached hydrogens (tertiary/aromatic N) is 3. The van der Waals surface area contributed by atoms with Crippen LogP contribution in [0.25, 0.3) is 0 Å². The molecule has 0 spiro atoms. The van der Waals surface area contributed by atoms with Crippen LogP contribution in [0.5, 0.6) is 0 Å². The van der Waals surface area contributed by atoms with E-state index in [9.17, 15) is 4.79 Å². The van der Waals surface area contributed by atoms with Crippen molar-refractivity contribution in [3.05, 3.63) is 24.3 Å². The molecule has 0 aliphatic carbocycles. The summed E-state index contributed by atoms with van der Waals surface area (Å²) in [6.45, 7) is 0. The van der Waals surface area contributed by atoms with E-state index in [0.29, 0.717) is 11.4 Å². The van der Waals surface area contributed by atoms with Crippen LogP contribution in [0.15, 0.2) is 23.7 Å². The summed E-state index contributed by atoms with van der Waals surface area (Å²) >= 11 is 0. The number of oxime groups is 1. The molecule has 5 nitrogen and oxygen atoms in total. The number of carbonyl (C=O) groups excluding carboxylic acids is 1.